The molecule has 224 valence electrons. The molecular weight excluding hydrogens is 629 g/mol. The van der Waals surface area contributed by atoms with E-state index >= 15 is 4.11 Å². The highest BCUT2D eigenvalue weighted by atomic mass is 79.9. The third-order valence-electron chi connectivity index (χ3n) is 8.94. The predicted octanol–water partition coefficient (Wildman–Crippen LogP) is 6.82. The number of ether oxygens (including phenoxy) is 1. The normalized spacial score (nSPS) is 23.3. The van der Waals surface area contributed by atoms with Gasteiger partial charge in [0.2, 0.25) is 14.3 Å². The number of para-hydroxylation sites is 1. The largest absolute Gasteiger partial charge is 0.396 e. The van der Waals surface area contributed by atoms with Gasteiger partial charge in [0, 0.05) is 50.9 Å². The molecule has 3 aromatic carbocycles. The Morgan fingerprint density at radius 3 is 2.63 bits per heavy atom. The highest BCUT2D eigenvalue weighted by Crippen LogP contribution is 2.60. The highest BCUT2D eigenvalue weighted by Gasteiger charge is 2.66. The van der Waals surface area contributed by atoms with Crippen LogP contribution in [-0.4, -0.2) is 43.0 Å². The van der Waals surface area contributed by atoms with E-state index in [2.05, 4.69) is 26.2 Å². The van der Waals surface area contributed by atoms with Crippen LogP contribution >= 0.6 is 15.9 Å². The number of H-pyrrole nitrogens is 1. The minimum Gasteiger partial charge on any atom is -0.396 e. The average Bonchev–Trinajstić information content (AvgIpc) is 3.57. The van der Waals surface area contributed by atoms with Crippen LogP contribution in [0.3, 0.4) is 0 Å². The number of rotatable bonds is 8. The Kier molecular flexibility index (Phi) is 7.83. The van der Waals surface area contributed by atoms with Crippen molar-refractivity contribution in [2.24, 2.45) is 5.92 Å². The number of aromatic nitrogens is 1. The fourth-order valence-electron chi connectivity index (χ4n) is 7.11. The number of aromatic amines is 1. The monoisotopic (exact) mass is 663 g/mol. The molecule has 0 saturated carbocycles. The van der Waals surface area contributed by atoms with Gasteiger partial charge >= 0.3 is 0 Å². The standard InChI is InChI=1S/C33H35BrFN3O4Si/c1-20-31(43(2,3)35)29(14-15-39)42-33(20)26-17-23(34)10-13-28(26)38(32(33)41)19-21-8-11-24(12-9-21)37-30(40)16-22-18-36-27-7-5-4-6-25(22)27/h4-13,17-18,20,29,31,36,39H,14-16,19H2,1-3H3,(H,37,40)/t20-,29+,31-,33+/m0/s1. The SMILES string of the molecule is C[C@H]1[C@H]([Si](C)(C)F)[C@@H](CCO)O[C@]12C(=O)N(Cc1ccc(NC(=O)Cc3c[nH]c4ccccc34)cc1)c1ccc(Br)cc12. The van der Waals surface area contributed by atoms with Crippen molar-refractivity contribution >= 4 is 58.4 Å². The van der Waals surface area contributed by atoms with Crippen molar-refractivity contribution in [2.75, 3.05) is 16.8 Å². The second kappa shape index (κ2) is 11.3. The number of halogens is 2. The van der Waals surface area contributed by atoms with Crippen molar-refractivity contribution in [2.45, 2.75) is 56.7 Å². The molecule has 1 saturated heterocycles. The van der Waals surface area contributed by atoms with Gasteiger partial charge in [-0.1, -0.05) is 53.2 Å². The van der Waals surface area contributed by atoms with Crippen LogP contribution in [0.2, 0.25) is 18.6 Å². The first-order valence-corrected chi connectivity index (χ1v) is 18.3. The molecule has 4 aromatic rings. The lowest BCUT2D eigenvalue weighted by Crippen LogP contribution is -2.45. The summed E-state index contributed by atoms with van der Waals surface area (Å²) in [4.78, 5) is 32.1. The van der Waals surface area contributed by atoms with E-state index in [1.807, 2.05) is 79.9 Å². The number of aliphatic hydroxyl groups excluding tert-OH is 1. The summed E-state index contributed by atoms with van der Waals surface area (Å²) in [5, 5.41) is 13.7. The van der Waals surface area contributed by atoms with Crippen molar-refractivity contribution in [3.05, 3.63) is 94.1 Å². The van der Waals surface area contributed by atoms with Gasteiger partial charge in [-0.15, -0.1) is 0 Å². The third-order valence-corrected chi connectivity index (χ3v) is 11.9. The minimum absolute atomic E-state index is 0.118. The van der Waals surface area contributed by atoms with Gasteiger partial charge in [-0.05, 0) is 67.0 Å². The molecule has 0 aliphatic carbocycles. The summed E-state index contributed by atoms with van der Waals surface area (Å²) in [5.41, 5.74) is 3.17. The Morgan fingerprint density at radius 2 is 1.91 bits per heavy atom. The van der Waals surface area contributed by atoms with Crippen molar-refractivity contribution in [3.8, 4) is 0 Å². The first-order chi connectivity index (χ1) is 20.5. The summed E-state index contributed by atoms with van der Waals surface area (Å²) in [6.07, 6.45) is 1.84. The lowest BCUT2D eigenvalue weighted by atomic mass is 9.82. The van der Waals surface area contributed by atoms with E-state index in [0.29, 0.717) is 12.2 Å². The highest BCUT2D eigenvalue weighted by molar-refractivity contribution is 9.10. The molecule has 2 aliphatic heterocycles. The van der Waals surface area contributed by atoms with Crippen LogP contribution in [0, 0.1) is 5.92 Å². The molecule has 3 N–H and O–H groups in total. The molecule has 0 bridgehead atoms. The fourth-order valence-corrected chi connectivity index (χ4v) is 10.0. The molecule has 3 heterocycles. The third kappa shape index (κ3) is 5.24. The second-order valence-corrected chi connectivity index (χ2v) is 16.8. The van der Waals surface area contributed by atoms with E-state index < -0.39 is 31.6 Å². The van der Waals surface area contributed by atoms with Gasteiger partial charge in [-0.2, -0.15) is 0 Å². The molecule has 2 amide bonds. The topological polar surface area (TPSA) is 94.7 Å². The summed E-state index contributed by atoms with van der Waals surface area (Å²) in [6, 6.07) is 21.0. The van der Waals surface area contributed by atoms with Gasteiger partial charge < -0.3 is 29.2 Å². The van der Waals surface area contributed by atoms with Crippen molar-refractivity contribution in [1.82, 2.24) is 4.98 Å². The molecule has 6 rings (SSSR count). The number of nitrogens with one attached hydrogen (secondary N) is 2. The van der Waals surface area contributed by atoms with E-state index in [9.17, 15) is 14.7 Å². The predicted molar refractivity (Wildman–Crippen MR) is 172 cm³/mol. The Labute approximate surface area is 259 Å². The minimum atomic E-state index is -3.25. The zero-order valence-corrected chi connectivity index (χ0v) is 26.9. The molecule has 43 heavy (non-hydrogen) atoms. The van der Waals surface area contributed by atoms with Crippen molar-refractivity contribution < 1.29 is 23.5 Å². The number of fused-ring (bicyclic) bond motifs is 3. The van der Waals surface area contributed by atoms with E-state index in [1.54, 1.807) is 18.0 Å². The van der Waals surface area contributed by atoms with Gasteiger partial charge in [0.15, 0.2) is 5.60 Å². The van der Waals surface area contributed by atoms with Crippen LogP contribution in [0.25, 0.3) is 10.9 Å². The molecule has 0 unspecified atom stereocenters. The number of carbonyl (C=O) groups is 2. The second-order valence-electron chi connectivity index (χ2n) is 12.1. The number of nitrogens with zero attached hydrogens (tertiary/aromatic N) is 1. The number of hydrogen-bond donors (Lipinski definition) is 3. The van der Waals surface area contributed by atoms with E-state index in [-0.39, 0.29) is 31.3 Å². The van der Waals surface area contributed by atoms with Gasteiger partial charge in [-0.25, -0.2) is 0 Å². The summed E-state index contributed by atoms with van der Waals surface area (Å²) >= 11 is 3.55. The molecule has 1 aromatic heterocycles. The molecule has 0 radical (unpaired) electrons. The first-order valence-electron chi connectivity index (χ1n) is 14.6. The fraction of sp³-hybridized carbons (Fsp3) is 0.333. The zero-order valence-electron chi connectivity index (χ0n) is 24.4. The molecule has 1 spiro atoms. The number of benzene rings is 3. The maximum atomic E-state index is 15.7. The van der Waals surface area contributed by atoms with Gasteiger partial charge in [-0.3, -0.25) is 9.59 Å². The Morgan fingerprint density at radius 1 is 1.16 bits per heavy atom. The molecule has 4 atom stereocenters. The Balaban J connectivity index is 1.22. The summed E-state index contributed by atoms with van der Waals surface area (Å²) in [6.45, 7) is 5.38. The lowest BCUT2D eigenvalue weighted by molar-refractivity contribution is -0.146. The summed E-state index contributed by atoms with van der Waals surface area (Å²) < 4.78 is 23.1. The number of hydrogen-bond acceptors (Lipinski definition) is 4. The Hall–Kier alpha value is -3.31. The zero-order chi connectivity index (χ0) is 30.5. The number of amides is 2. The molecule has 7 nitrogen and oxygen atoms in total. The van der Waals surface area contributed by atoms with Crippen LogP contribution in [0.15, 0.2) is 77.4 Å². The van der Waals surface area contributed by atoms with Crippen LogP contribution in [0.4, 0.5) is 15.5 Å². The van der Waals surface area contributed by atoms with Gasteiger partial charge in [0.1, 0.15) is 0 Å². The number of carbonyl (C=O) groups excluding carboxylic acids is 2. The Bertz CT molecular complexity index is 1690. The van der Waals surface area contributed by atoms with Gasteiger partial charge in [0.25, 0.3) is 5.91 Å². The first kappa shape index (κ1) is 29.7. The number of anilines is 2. The lowest BCUT2D eigenvalue weighted by Gasteiger charge is -2.31. The van der Waals surface area contributed by atoms with Crippen LogP contribution < -0.4 is 10.2 Å². The molecule has 1 fully saturated rings. The van der Waals surface area contributed by atoms with Crippen LogP contribution in [0.5, 0.6) is 0 Å². The summed E-state index contributed by atoms with van der Waals surface area (Å²) in [7, 11) is -3.25. The van der Waals surface area contributed by atoms with Gasteiger partial charge in [0.05, 0.1) is 24.8 Å². The van der Waals surface area contributed by atoms with E-state index in [0.717, 1.165) is 37.8 Å². The van der Waals surface area contributed by atoms with E-state index in [4.69, 9.17) is 4.74 Å². The smallest absolute Gasteiger partial charge is 0.264 e. The van der Waals surface area contributed by atoms with Crippen molar-refractivity contribution in [3.63, 3.8) is 0 Å². The molecule has 10 heteroatoms. The maximum absolute atomic E-state index is 15.7. The van der Waals surface area contributed by atoms with Crippen LogP contribution in [-0.2, 0) is 32.9 Å². The summed E-state index contributed by atoms with van der Waals surface area (Å²) in [5.74, 6) is -0.740. The van der Waals surface area contributed by atoms with Crippen molar-refractivity contribution in [1.29, 1.82) is 0 Å². The van der Waals surface area contributed by atoms with Crippen LogP contribution in [0.1, 0.15) is 30.0 Å². The molecular formula is C33H35BrFN3O4Si. The van der Waals surface area contributed by atoms with E-state index in [1.165, 1.54) is 0 Å². The molecule has 2 aliphatic rings. The number of aliphatic hydroxyl groups is 1. The quantitative estimate of drug-likeness (QED) is 0.143. The maximum Gasteiger partial charge on any atom is 0.264 e. The average molecular weight is 665 g/mol.